The van der Waals surface area contributed by atoms with E-state index in [0.29, 0.717) is 6.42 Å². The second kappa shape index (κ2) is 25.2. The second-order valence-electron chi connectivity index (χ2n) is 10.1. The molecule has 0 radical (unpaired) electrons. The highest BCUT2D eigenvalue weighted by atomic mass is 32.2. The molecule has 6 heteroatoms. The van der Waals surface area contributed by atoms with Crippen molar-refractivity contribution in [2.24, 2.45) is 0 Å². The van der Waals surface area contributed by atoms with E-state index in [4.69, 9.17) is 10.2 Å². The lowest BCUT2D eigenvalue weighted by atomic mass is 10.0. The van der Waals surface area contributed by atoms with Crippen molar-refractivity contribution in [2.45, 2.75) is 145 Å². The zero-order valence-electron chi connectivity index (χ0n) is 23.1. The Morgan fingerprint density at radius 2 is 0.757 bits per heavy atom. The van der Waals surface area contributed by atoms with E-state index in [1.165, 1.54) is 118 Å². The molecule has 1 aromatic carbocycles. The van der Waals surface area contributed by atoms with E-state index in [1.807, 2.05) is 11.8 Å². The van der Waals surface area contributed by atoms with Crippen LogP contribution in [0.4, 0.5) is 0 Å². The standard InChI is InChI=1S/C31H52O4S2/c32-30(33)24-17-15-13-11-9-7-5-3-1-2-4-6-8-10-12-14-16-20-26-36-28-22-18-19-23-29(28)37-27-21-25-31(34)35/h18-19,22-23H,1-17,20-21,24-27H2,(H,32,33)(H,34,35). The summed E-state index contributed by atoms with van der Waals surface area (Å²) in [5, 5.41) is 17.4. The molecule has 1 rings (SSSR count). The first-order valence-corrected chi connectivity index (χ1v) is 16.8. The largest absolute Gasteiger partial charge is 0.481 e. The van der Waals surface area contributed by atoms with Crippen LogP contribution in [0.1, 0.15) is 135 Å². The average molecular weight is 553 g/mol. The molecule has 0 atom stereocenters. The first-order chi connectivity index (χ1) is 18.1. The van der Waals surface area contributed by atoms with Gasteiger partial charge in [-0.25, -0.2) is 0 Å². The van der Waals surface area contributed by atoms with Gasteiger partial charge in [-0.05, 0) is 42.9 Å². The lowest BCUT2D eigenvalue weighted by Gasteiger charge is -2.08. The summed E-state index contributed by atoms with van der Waals surface area (Å²) in [7, 11) is 0. The highest BCUT2D eigenvalue weighted by molar-refractivity contribution is 8.02. The number of thioether (sulfide) groups is 2. The maximum atomic E-state index is 10.7. The lowest BCUT2D eigenvalue weighted by Crippen LogP contribution is -1.95. The van der Waals surface area contributed by atoms with E-state index in [2.05, 4.69) is 24.3 Å². The fourth-order valence-electron chi connectivity index (χ4n) is 4.48. The van der Waals surface area contributed by atoms with E-state index in [0.717, 1.165) is 25.0 Å². The molecule has 0 heterocycles. The van der Waals surface area contributed by atoms with Crippen molar-refractivity contribution in [3.05, 3.63) is 24.3 Å². The minimum atomic E-state index is -0.707. The summed E-state index contributed by atoms with van der Waals surface area (Å²) >= 11 is 3.73. The number of carboxylic acid groups (broad SMARTS) is 2. The van der Waals surface area contributed by atoms with E-state index in [9.17, 15) is 9.59 Å². The molecule has 1 aromatic rings. The molecule has 0 saturated carbocycles. The van der Waals surface area contributed by atoms with Gasteiger partial charge in [0.25, 0.3) is 0 Å². The Morgan fingerprint density at radius 3 is 1.14 bits per heavy atom. The summed E-state index contributed by atoms with van der Waals surface area (Å²) in [5.74, 6) is 0.661. The van der Waals surface area contributed by atoms with Gasteiger partial charge in [0.05, 0.1) is 0 Å². The fraction of sp³-hybridized carbons (Fsp3) is 0.742. The molecule has 4 nitrogen and oxygen atoms in total. The molecule has 0 amide bonds. The van der Waals surface area contributed by atoms with Gasteiger partial charge in [-0.3, -0.25) is 9.59 Å². The van der Waals surface area contributed by atoms with Crippen molar-refractivity contribution in [1.29, 1.82) is 0 Å². The van der Waals surface area contributed by atoms with Gasteiger partial charge in [0, 0.05) is 22.6 Å². The maximum absolute atomic E-state index is 10.7. The monoisotopic (exact) mass is 552 g/mol. The molecule has 0 aliphatic heterocycles. The average Bonchev–Trinajstić information content (AvgIpc) is 2.88. The SMILES string of the molecule is O=C(O)CCCCCCCCCCCCCCCCCCCCSc1ccccc1SCCCC(=O)O. The van der Waals surface area contributed by atoms with Crippen LogP contribution in [0.3, 0.4) is 0 Å². The predicted octanol–water partition coefficient (Wildman–Crippen LogP) is 10.2. The fourth-order valence-corrected chi connectivity index (χ4v) is 6.68. The quantitative estimate of drug-likeness (QED) is 0.0835. The Labute approximate surface area is 235 Å². The molecule has 0 fully saturated rings. The molecular formula is C31H52O4S2. The third-order valence-corrected chi connectivity index (χ3v) is 9.13. The molecule has 212 valence electrons. The number of aliphatic carboxylic acids is 2. The number of hydrogen-bond donors (Lipinski definition) is 2. The molecule has 2 N–H and O–H groups in total. The van der Waals surface area contributed by atoms with E-state index in [1.54, 1.807) is 11.8 Å². The first kappa shape index (κ1) is 33.9. The normalized spacial score (nSPS) is 11.1. The van der Waals surface area contributed by atoms with Crippen LogP contribution < -0.4 is 0 Å². The third kappa shape index (κ3) is 22.5. The third-order valence-electron chi connectivity index (χ3n) is 6.68. The van der Waals surface area contributed by atoms with Crippen molar-refractivity contribution >= 4 is 35.5 Å². The number of rotatable bonds is 27. The van der Waals surface area contributed by atoms with Gasteiger partial charge in [-0.15, -0.1) is 23.5 Å². The molecular weight excluding hydrogens is 500 g/mol. The highest BCUT2D eigenvalue weighted by Gasteiger charge is 2.04. The molecule has 0 aliphatic rings. The zero-order valence-corrected chi connectivity index (χ0v) is 24.7. The molecule has 37 heavy (non-hydrogen) atoms. The first-order valence-electron chi connectivity index (χ1n) is 14.9. The van der Waals surface area contributed by atoms with Crippen LogP contribution in [0.2, 0.25) is 0 Å². The van der Waals surface area contributed by atoms with Gasteiger partial charge in [0.1, 0.15) is 0 Å². The van der Waals surface area contributed by atoms with Gasteiger partial charge in [-0.2, -0.15) is 0 Å². The van der Waals surface area contributed by atoms with Gasteiger partial charge < -0.3 is 10.2 Å². The van der Waals surface area contributed by atoms with E-state index >= 15 is 0 Å². The van der Waals surface area contributed by atoms with Crippen LogP contribution in [-0.4, -0.2) is 33.7 Å². The van der Waals surface area contributed by atoms with Crippen LogP contribution in [0, 0.1) is 0 Å². The molecule has 0 saturated heterocycles. The topological polar surface area (TPSA) is 74.6 Å². The summed E-state index contributed by atoms with van der Waals surface area (Å²) in [4.78, 5) is 23.8. The summed E-state index contributed by atoms with van der Waals surface area (Å²) in [6.45, 7) is 0. The zero-order chi connectivity index (χ0) is 26.8. The van der Waals surface area contributed by atoms with Crippen LogP contribution in [0.15, 0.2) is 34.1 Å². The Kier molecular flexibility index (Phi) is 23.0. The van der Waals surface area contributed by atoms with Crippen molar-refractivity contribution in [1.82, 2.24) is 0 Å². The van der Waals surface area contributed by atoms with Gasteiger partial charge in [0.15, 0.2) is 0 Å². The molecule has 0 aromatic heterocycles. The predicted molar refractivity (Wildman–Crippen MR) is 160 cm³/mol. The van der Waals surface area contributed by atoms with Crippen molar-refractivity contribution in [3.63, 3.8) is 0 Å². The number of unbranched alkanes of at least 4 members (excludes halogenated alkanes) is 17. The second-order valence-corrected chi connectivity index (χ2v) is 12.4. The van der Waals surface area contributed by atoms with Crippen molar-refractivity contribution in [3.8, 4) is 0 Å². The highest BCUT2D eigenvalue weighted by Crippen LogP contribution is 2.32. The molecule has 0 unspecified atom stereocenters. The summed E-state index contributed by atoms with van der Waals surface area (Å²) in [6.07, 6.45) is 24.7. The lowest BCUT2D eigenvalue weighted by molar-refractivity contribution is -0.138. The van der Waals surface area contributed by atoms with E-state index in [-0.39, 0.29) is 6.42 Å². The smallest absolute Gasteiger partial charge is 0.303 e. The van der Waals surface area contributed by atoms with Crippen LogP contribution >= 0.6 is 23.5 Å². The Morgan fingerprint density at radius 1 is 0.459 bits per heavy atom. The van der Waals surface area contributed by atoms with Crippen molar-refractivity contribution < 1.29 is 19.8 Å². The number of carboxylic acids is 2. The molecule has 0 aliphatic carbocycles. The number of carbonyl (C=O) groups is 2. The Balaban J connectivity index is 1.83. The Bertz CT molecular complexity index is 696. The van der Waals surface area contributed by atoms with Crippen LogP contribution in [-0.2, 0) is 9.59 Å². The molecule has 0 spiro atoms. The van der Waals surface area contributed by atoms with Crippen LogP contribution in [0.25, 0.3) is 0 Å². The number of benzene rings is 1. The summed E-state index contributed by atoms with van der Waals surface area (Å²) in [5.41, 5.74) is 0. The van der Waals surface area contributed by atoms with Gasteiger partial charge >= 0.3 is 11.9 Å². The minimum absolute atomic E-state index is 0.254. The van der Waals surface area contributed by atoms with E-state index < -0.39 is 11.9 Å². The minimum Gasteiger partial charge on any atom is -0.481 e. The van der Waals surface area contributed by atoms with Crippen molar-refractivity contribution in [2.75, 3.05) is 11.5 Å². The van der Waals surface area contributed by atoms with Crippen LogP contribution in [0.5, 0.6) is 0 Å². The number of hydrogen-bond acceptors (Lipinski definition) is 4. The molecule has 0 bridgehead atoms. The Hall–Kier alpha value is -1.14. The maximum Gasteiger partial charge on any atom is 0.303 e. The summed E-state index contributed by atoms with van der Waals surface area (Å²) < 4.78 is 0. The van der Waals surface area contributed by atoms with Gasteiger partial charge in [0.2, 0.25) is 0 Å². The van der Waals surface area contributed by atoms with Gasteiger partial charge in [-0.1, -0.05) is 115 Å². The summed E-state index contributed by atoms with van der Waals surface area (Å²) in [6, 6.07) is 8.52.